The Morgan fingerprint density at radius 1 is 1.09 bits per heavy atom. The zero-order chi connectivity index (χ0) is 25.8. The van der Waals surface area contributed by atoms with Gasteiger partial charge in [-0.1, -0.05) is 29.8 Å². The SMILES string of the molecule is Cc1ccc(S(=O)(=O)Oc2ccc(/C=C(\C#N)C(=O)Nc3cccc(C(F)(F)F)c3)cc2Br)cc1. The quantitative estimate of drug-likeness (QED) is 0.222. The van der Waals surface area contributed by atoms with Gasteiger partial charge in [0.15, 0.2) is 5.75 Å². The average molecular weight is 565 g/mol. The summed E-state index contributed by atoms with van der Waals surface area (Å²) in [5.41, 5.74) is -0.232. The zero-order valence-corrected chi connectivity index (χ0v) is 20.3. The molecule has 0 aliphatic carbocycles. The fourth-order valence-corrected chi connectivity index (χ4v) is 4.36. The number of hydrogen-bond acceptors (Lipinski definition) is 5. The molecule has 0 spiro atoms. The van der Waals surface area contributed by atoms with E-state index in [1.807, 2.05) is 6.92 Å². The Morgan fingerprint density at radius 3 is 2.37 bits per heavy atom. The molecule has 1 amide bonds. The van der Waals surface area contributed by atoms with Crippen molar-refractivity contribution in [3.63, 3.8) is 0 Å². The van der Waals surface area contributed by atoms with Gasteiger partial charge in [0.25, 0.3) is 5.91 Å². The Morgan fingerprint density at radius 2 is 1.77 bits per heavy atom. The Kier molecular flexibility index (Phi) is 7.67. The predicted octanol–water partition coefficient (Wildman–Crippen LogP) is 6.09. The van der Waals surface area contributed by atoms with E-state index < -0.39 is 27.8 Å². The molecule has 0 saturated carbocycles. The summed E-state index contributed by atoms with van der Waals surface area (Å²) in [6.07, 6.45) is -3.39. The molecule has 0 fully saturated rings. The lowest BCUT2D eigenvalue weighted by molar-refractivity contribution is -0.137. The highest BCUT2D eigenvalue weighted by molar-refractivity contribution is 9.10. The molecule has 0 aliphatic heterocycles. The first kappa shape index (κ1) is 26.0. The number of nitrogens with one attached hydrogen (secondary N) is 1. The minimum atomic E-state index is -4.59. The van der Waals surface area contributed by atoms with Crippen molar-refractivity contribution in [2.45, 2.75) is 18.0 Å². The number of carbonyl (C=O) groups is 1. The van der Waals surface area contributed by atoms with Gasteiger partial charge in [-0.2, -0.15) is 26.9 Å². The Bertz CT molecular complexity index is 1440. The normalized spacial score (nSPS) is 12.1. The highest BCUT2D eigenvalue weighted by atomic mass is 79.9. The number of benzene rings is 3. The number of amides is 1. The summed E-state index contributed by atoms with van der Waals surface area (Å²) in [6, 6.07) is 16.0. The maximum absolute atomic E-state index is 12.9. The topological polar surface area (TPSA) is 96.3 Å². The highest BCUT2D eigenvalue weighted by Crippen LogP contribution is 2.31. The first-order chi connectivity index (χ1) is 16.4. The zero-order valence-electron chi connectivity index (χ0n) is 17.9. The molecule has 0 unspecified atom stereocenters. The highest BCUT2D eigenvalue weighted by Gasteiger charge is 2.30. The molecule has 0 heterocycles. The minimum absolute atomic E-state index is 0.0188. The van der Waals surface area contributed by atoms with Crippen LogP contribution in [0.15, 0.2) is 81.7 Å². The largest absolute Gasteiger partial charge is 0.416 e. The maximum Gasteiger partial charge on any atom is 0.416 e. The number of nitriles is 1. The molecule has 0 atom stereocenters. The molecule has 0 bridgehead atoms. The van der Waals surface area contributed by atoms with Crippen LogP contribution >= 0.6 is 15.9 Å². The van der Waals surface area contributed by atoms with Crippen LogP contribution in [-0.2, 0) is 21.1 Å². The molecule has 3 aromatic rings. The van der Waals surface area contributed by atoms with Crippen molar-refractivity contribution in [1.82, 2.24) is 0 Å². The van der Waals surface area contributed by atoms with Crippen LogP contribution in [0, 0.1) is 18.3 Å². The van der Waals surface area contributed by atoms with Crippen molar-refractivity contribution in [3.05, 3.63) is 93.5 Å². The summed E-state index contributed by atoms with van der Waals surface area (Å²) in [4.78, 5) is 12.4. The number of nitrogens with zero attached hydrogens (tertiary/aromatic N) is 1. The first-order valence-electron chi connectivity index (χ1n) is 9.80. The molecular weight excluding hydrogens is 549 g/mol. The predicted molar refractivity (Wildman–Crippen MR) is 127 cm³/mol. The third-order valence-electron chi connectivity index (χ3n) is 4.59. The number of aryl methyl sites for hydroxylation is 1. The van der Waals surface area contributed by atoms with E-state index in [1.54, 1.807) is 18.2 Å². The van der Waals surface area contributed by atoms with Gasteiger partial charge in [-0.25, -0.2) is 0 Å². The van der Waals surface area contributed by atoms with Crippen LogP contribution in [0.25, 0.3) is 6.08 Å². The van der Waals surface area contributed by atoms with Gasteiger partial charge in [-0.15, -0.1) is 0 Å². The van der Waals surface area contributed by atoms with Crippen LogP contribution in [-0.4, -0.2) is 14.3 Å². The standard InChI is InChI=1S/C24H16BrF3N2O4S/c1-15-5-8-20(9-6-15)35(32,33)34-22-10-7-16(12-21(22)25)11-17(14-29)23(31)30-19-4-2-3-18(13-19)24(26,27)28/h2-13H,1H3,(H,30,31)/b17-11+. The van der Waals surface area contributed by atoms with Crippen LogP contribution in [0.2, 0.25) is 0 Å². The van der Waals surface area contributed by atoms with E-state index in [0.29, 0.717) is 5.56 Å². The van der Waals surface area contributed by atoms with Crippen LogP contribution in [0.3, 0.4) is 0 Å². The third kappa shape index (κ3) is 6.71. The number of alkyl halides is 3. The summed E-state index contributed by atoms with van der Waals surface area (Å²) >= 11 is 3.20. The Hall–Kier alpha value is -3.62. The summed E-state index contributed by atoms with van der Waals surface area (Å²) in [7, 11) is -4.10. The van der Waals surface area contributed by atoms with Gasteiger partial charge in [0.1, 0.15) is 16.5 Å². The van der Waals surface area contributed by atoms with E-state index in [4.69, 9.17) is 4.18 Å². The van der Waals surface area contributed by atoms with E-state index in [1.165, 1.54) is 42.5 Å². The van der Waals surface area contributed by atoms with E-state index >= 15 is 0 Å². The lowest BCUT2D eigenvalue weighted by atomic mass is 10.1. The Balaban J connectivity index is 1.79. The second-order valence-corrected chi connectivity index (χ2v) is 9.64. The summed E-state index contributed by atoms with van der Waals surface area (Å²) in [5.74, 6) is -0.931. The Labute approximate surface area is 207 Å². The van der Waals surface area contributed by atoms with Gasteiger partial charge in [0, 0.05) is 5.69 Å². The molecule has 3 aromatic carbocycles. The van der Waals surface area contributed by atoms with Crippen LogP contribution in [0.1, 0.15) is 16.7 Å². The van der Waals surface area contributed by atoms with Crippen molar-refractivity contribution < 1.29 is 30.6 Å². The van der Waals surface area contributed by atoms with Crippen molar-refractivity contribution in [3.8, 4) is 11.8 Å². The van der Waals surface area contributed by atoms with E-state index in [-0.39, 0.29) is 26.4 Å². The molecule has 35 heavy (non-hydrogen) atoms. The maximum atomic E-state index is 12.9. The van der Waals surface area contributed by atoms with Gasteiger partial charge in [0.05, 0.1) is 10.0 Å². The van der Waals surface area contributed by atoms with Crippen molar-refractivity contribution in [2.75, 3.05) is 5.32 Å². The fraction of sp³-hybridized carbons (Fsp3) is 0.0833. The number of halogens is 4. The van der Waals surface area contributed by atoms with Crippen LogP contribution in [0.4, 0.5) is 18.9 Å². The summed E-state index contributed by atoms with van der Waals surface area (Å²) < 4.78 is 69.0. The second-order valence-electron chi connectivity index (χ2n) is 7.24. The molecule has 6 nitrogen and oxygen atoms in total. The van der Waals surface area contributed by atoms with E-state index in [0.717, 1.165) is 23.8 Å². The van der Waals surface area contributed by atoms with Crippen molar-refractivity contribution >= 4 is 43.7 Å². The van der Waals surface area contributed by atoms with Crippen LogP contribution < -0.4 is 9.50 Å². The van der Waals surface area contributed by atoms with Gasteiger partial charge in [-0.05, 0) is 77.0 Å². The minimum Gasteiger partial charge on any atom is -0.378 e. The molecule has 3 rings (SSSR count). The van der Waals surface area contributed by atoms with E-state index in [9.17, 15) is 31.6 Å². The van der Waals surface area contributed by atoms with Crippen LogP contribution in [0.5, 0.6) is 5.75 Å². The molecule has 0 radical (unpaired) electrons. The lowest BCUT2D eigenvalue weighted by Gasteiger charge is -2.10. The summed E-state index contributed by atoms with van der Waals surface area (Å²) in [6.45, 7) is 1.81. The number of hydrogen-bond donors (Lipinski definition) is 1. The van der Waals surface area contributed by atoms with Crippen molar-refractivity contribution in [1.29, 1.82) is 5.26 Å². The molecule has 180 valence electrons. The average Bonchev–Trinajstić information content (AvgIpc) is 2.79. The molecule has 0 saturated heterocycles. The lowest BCUT2D eigenvalue weighted by Crippen LogP contribution is -2.14. The monoisotopic (exact) mass is 564 g/mol. The molecule has 11 heteroatoms. The first-order valence-corrected chi connectivity index (χ1v) is 12.0. The van der Waals surface area contributed by atoms with Crippen molar-refractivity contribution in [2.24, 2.45) is 0 Å². The number of rotatable bonds is 6. The summed E-state index contributed by atoms with van der Waals surface area (Å²) in [5, 5.41) is 11.6. The molecule has 1 N–H and O–H groups in total. The van der Waals surface area contributed by atoms with Gasteiger partial charge in [0.2, 0.25) is 0 Å². The van der Waals surface area contributed by atoms with E-state index in [2.05, 4.69) is 21.2 Å². The van der Waals surface area contributed by atoms with Gasteiger partial charge < -0.3 is 9.50 Å². The third-order valence-corrected chi connectivity index (χ3v) is 6.46. The fourth-order valence-electron chi connectivity index (χ4n) is 2.83. The smallest absolute Gasteiger partial charge is 0.378 e. The molecular formula is C24H16BrF3N2O4S. The number of anilines is 1. The molecule has 0 aromatic heterocycles. The molecule has 0 aliphatic rings. The van der Waals surface area contributed by atoms with Gasteiger partial charge in [-0.3, -0.25) is 4.79 Å². The second kappa shape index (κ2) is 10.3. The number of carbonyl (C=O) groups excluding carboxylic acids is 1. The van der Waals surface area contributed by atoms with Gasteiger partial charge >= 0.3 is 16.3 Å².